The molecular formula is C23H24FNO4S2. The van der Waals surface area contributed by atoms with Crippen LogP contribution in [0.1, 0.15) is 39.9 Å². The molecule has 3 aromatic rings. The maximum Gasteiger partial charge on any atom is 0.251 e. The Kier molecular flexibility index (Phi) is 7.12. The van der Waals surface area contributed by atoms with Crippen LogP contribution in [0.25, 0.3) is 0 Å². The van der Waals surface area contributed by atoms with Gasteiger partial charge in [0.25, 0.3) is 5.91 Å². The molecule has 1 aromatic heterocycles. The highest BCUT2D eigenvalue weighted by Gasteiger charge is 2.31. The lowest BCUT2D eigenvalue weighted by atomic mass is 10.2. The fraction of sp³-hybridized carbons (Fsp3) is 0.261. The number of ether oxygens (including phenoxy) is 1. The number of carbonyl (C=O) groups is 1. The van der Waals surface area contributed by atoms with Crippen LogP contribution < -0.4 is 10.1 Å². The van der Waals surface area contributed by atoms with Crippen molar-refractivity contribution in [1.82, 2.24) is 5.32 Å². The predicted molar refractivity (Wildman–Crippen MR) is 120 cm³/mol. The first-order valence-electron chi connectivity index (χ1n) is 9.77. The first kappa shape index (κ1) is 23.0. The third-order valence-corrected chi connectivity index (χ3v) is 7.85. The molecule has 8 heteroatoms. The molecule has 0 fully saturated rings. The highest BCUT2D eigenvalue weighted by molar-refractivity contribution is 7.91. The molecule has 0 saturated carbocycles. The van der Waals surface area contributed by atoms with Gasteiger partial charge in [0.1, 0.15) is 16.8 Å². The van der Waals surface area contributed by atoms with E-state index in [4.69, 9.17) is 4.74 Å². The second-order valence-corrected chi connectivity index (χ2v) is 10.5. The zero-order chi connectivity index (χ0) is 22.6. The third-order valence-electron chi connectivity index (χ3n) is 4.63. The quantitative estimate of drug-likeness (QED) is 0.483. The van der Waals surface area contributed by atoms with Gasteiger partial charge < -0.3 is 10.1 Å². The lowest BCUT2D eigenvalue weighted by Gasteiger charge is -2.18. The summed E-state index contributed by atoms with van der Waals surface area (Å²) in [5.41, 5.74) is 0.648. The second-order valence-electron chi connectivity index (χ2n) is 7.36. The van der Waals surface area contributed by atoms with Crippen molar-refractivity contribution >= 4 is 27.1 Å². The van der Waals surface area contributed by atoms with Crippen LogP contribution in [0.2, 0.25) is 0 Å². The minimum Gasteiger partial charge on any atom is -0.491 e. The van der Waals surface area contributed by atoms with Gasteiger partial charge in [0.2, 0.25) is 0 Å². The molecule has 0 bridgehead atoms. The first-order valence-corrected chi connectivity index (χ1v) is 12.2. The Balaban J connectivity index is 1.81. The van der Waals surface area contributed by atoms with Gasteiger partial charge in [0.05, 0.1) is 11.0 Å². The predicted octanol–water partition coefficient (Wildman–Crippen LogP) is 4.93. The van der Waals surface area contributed by atoms with Crippen LogP contribution in [0, 0.1) is 12.7 Å². The summed E-state index contributed by atoms with van der Waals surface area (Å²) in [6.45, 7) is 5.23. The first-order chi connectivity index (χ1) is 14.7. The van der Waals surface area contributed by atoms with Gasteiger partial charge >= 0.3 is 0 Å². The summed E-state index contributed by atoms with van der Waals surface area (Å²) in [4.78, 5) is 13.2. The number of benzene rings is 2. The summed E-state index contributed by atoms with van der Waals surface area (Å²) >= 11 is 1.29. The standard InChI is InChI=1S/C23H24FNO4S2/c1-15(2)29-18-8-6-17(7-9-18)23(26)25-14-22(21-5-4-12-30-21)31(27,28)19-10-11-20(24)16(3)13-19/h4-13,15,22H,14H2,1-3H3,(H,25,26)/t22-/m0/s1. The van der Waals surface area contributed by atoms with E-state index in [9.17, 15) is 17.6 Å². The largest absolute Gasteiger partial charge is 0.491 e. The summed E-state index contributed by atoms with van der Waals surface area (Å²) in [6, 6.07) is 13.9. The Morgan fingerprint density at radius 3 is 2.42 bits per heavy atom. The van der Waals surface area contributed by atoms with E-state index in [0.717, 1.165) is 6.07 Å². The van der Waals surface area contributed by atoms with Gasteiger partial charge in [-0.3, -0.25) is 4.79 Å². The van der Waals surface area contributed by atoms with E-state index in [1.165, 1.54) is 30.4 Å². The molecule has 31 heavy (non-hydrogen) atoms. The Bertz CT molecular complexity index is 1140. The average molecular weight is 462 g/mol. The van der Waals surface area contributed by atoms with E-state index in [2.05, 4.69) is 5.32 Å². The van der Waals surface area contributed by atoms with Crippen molar-refractivity contribution in [3.05, 3.63) is 81.8 Å². The maximum atomic E-state index is 13.6. The van der Waals surface area contributed by atoms with Gasteiger partial charge in [-0.25, -0.2) is 12.8 Å². The Hall–Kier alpha value is -2.71. The summed E-state index contributed by atoms with van der Waals surface area (Å²) in [5.74, 6) is -0.203. The minimum absolute atomic E-state index is 0.0199. The molecule has 1 heterocycles. The van der Waals surface area contributed by atoms with Crippen molar-refractivity contribution in [1.29, 1.82) is 0 Å². The number of halogens is 1. The van der Waals surface area contributed by atoms with Gasteiger partial charge in [0.15, 0.2) is 9.84 Å². The van der Waals surface area contributed by atoms with E-state index in [-0.39, 0.29) is 29.0 Å². The van der Waals surface area contributed by atoms with Crippen molar-refractivity contribution in [2.24, 2.45) is 0 Å². The Labute approximate surface area is 185 Å². The molecule has 0 radical (unpaired) electrons. The molecule has 0 spiro atoms. The van der Waals surface area contributed by atoms with Gasteiger partial charge in [0, 0.05) is 17.0 Å². The lowest BCUT2D eigenvalue weighted by Crippen LogP contribution is -2.31. The molecule has 1 amide bonds. The monoisotopic (exact) mass is 461 g/mol. The van der Waals surface area contributed by atoms with Gasteiger partial charge in [-0.2, -0.15) is 0 Å². The fourth-order valence-corrected chi connectivity index (χ4v) is 5.91. The average Bonchev–Trinajstić information content (AvgIpc) is 3.24. The van der Waals surface area contributed by atoms with Crippen LogP contribution in [-0.4, -0.2) is 27.0 Å². The zero-order valence-electron chi connectivity index (χ0n) is 17.5. The van der Waals surface area contributed by atoms with Crippen LogP contribution in [-0.2, 0) is 9.84 Å². The molecule has 0 aliphatic heterocycles. The van der Waals surface area contributed by atoms with Gasteiger partial charge in [-0.15, -0.1) is 11.3 Å². The molecule has 0 saturated heterocycles. The van der Waals surface area contributed by atoms with Crippen molar-refractivity contribution < 1.29 is 22.3 Å². The summed E-state index contributed by atoms with van der Waals surface area (Å²) in [7, 11) is -3.85. The number of sulfone groups is 1. The van der Waals surface area contributed by atoms with Gasteiger partial charge in [-0.05, 0) is 80.2 Å². The topological polar surface area (TPSA) is 72.5 Å². The molecular weight excluding hydrogens is 437 g/mol. The normalized spacial score (nSPS) is 12.5. The molecule has 164 valence electrons. The summed E-state index contributed by atoms with van der Waals surface area (Å²) < 4.78 is 45.8. The molecule has 3 rings (SSSR count). The van der Waals surface area contributed by atoms with E-state index in [1.54, 1.807) is 41.8 Å². The van der Waals surface area contributed by atoms with Crippen molar-refractivity contribution in [3.63, 3.8) is 0 Å². The second kappa shape index (κ2) is 9.62. The maximum absolute atomic E-state index is 13.6. The Morgan fingerprint density at radius 1 is 1.13 bits per heavy atom. The van der Waals surface area contributed by atoms with Crippen molar-refractivity contribution in [2.75, 3.05) is 6.54 Å². The number of amides is 1. The molecule has 0 aliphatic rings. The minimum atomic E-state index is -3.85. The number of aryl methyl sites for hydroxylation is 1. The number of carbonyl (C=O) groups excluding carboxylic acids is 1. The number of thiophene rings is 1. The lowest BCUT2D eigenvalue weighted by molar-refractivity contribution is 0.0953. The SMILES string of the molecule is Cc1cc(S(=O)(=O)[C@@H](CNC(=O)c2ccc(OC(C)C)cc2)c2cccs2)ccc1F. The molecule has 2 aromatic carbocycles. The molecule has 1 atom stereocenters. The van der Waals surface area contributed by atoms with Crippen LogP contribution >= 0.6 is 11.3 Å². The fourth-order valence-electron chi connectivity index (χ4n) is 3.04. The van der Waals surface area contributed by atoms with Crippen molar-refractivity contribution in [3.8, 4) is 5.75 Å². The molecule has 0 aliphatic carbocycles. The number of nitrogens with one attached hydrogen (secondary N) is 1. The number of rotatable bonds is 8. The molecule has 0 unspecified atom stereocenters. The summed E-state index contributed by atoms with van der Waals surface area (Å²) in [6.07, 6.45) is 0.0199. The molecule has 1 N–H and O–H groups in total. The van der Waals surface area contributed by atoms with Gasteiger partial charge in [-0.1, -0.05) is 6.07 Å². The van der Waals surface area contributed by atoms with Crippen LogP contribution in [0.4, 0.5) is 4.39 Å². The van der Waals surface area contributed by atoms with E-state index < -0.39 is 20.9 Å². The van der Waals surface area contributed by atoms with E-state index >= 15 is 0 Å². The zero-order valence-corrected chi connectivity index (χ0v) is 19.1. The summed E-state index contributed by atoms with van der Waals surface area (Å²) in [5, 5.41) is 3.52. The highest BCUT2D eigenvalue weighted by Crippen LogP contribution is 2.32. The van der Waals surface area contributed by atoms with Crippen LogP contribution in [0.5, 0.6) is 5.75 Å². The number of hydrogen-bond acceptors (Lipinski definition) is 5. The van der Waals surface area contributed by atoms with Crippen LogP contribution in [0.3, 0.4) is 0 Å². The van der Waals surface area contributed by atoms with Crippen molar-refractivity contribution in [2.45, 2.75) is 37.0 Å². The third kappa shape index (κ3) is 5.51. The molecule has 5 nitrogen and oxygen atoms in total. The van der Waals surface area contributed by atoms with Crippen LogP contribution in [0.15, 0.2) is 64.9 Å². The smallest absolute Gasteiger partial charge is 0.251 e. The van der Waals surface area contributed by atoms with E-state index in [1.807, 2.05) is 13.8 Å². The number of hydrogen-bond donors (Lipinski definition) is 1. The van der Waals surface area contributed by atoms with E-state index in [0.29, 0.717) is 16.2 Å². The highest BCUT2D eigenvalue weighted by atomic mass is 32.2. The Morgan fingerprint density at radius 2 is 1.84 bits per heavy atom.